The number of para-hydroxylation sites is 1. The van der Waals surface area contributed by atoms with Gasteiger partial charge in [0.25, 0.3) is 5.91 Å². The van der Waals surface area contributed by atoms with Crippen molar-refractivity contribution in [3.05, 3.63) is 77.5 Å². The minimum Gasteiger partial charge on any atom is -0.333 e. The summed E-state index contributed by atoms with van der Waals surface area (Å²) in [5, 5.41) is 7.23. The van der Waals surface area contributed by atoms with Crippen molar-refractivity contribution in [2.75, 3.05) is 11.9 Å². The fourth-order valence-corrected chi connectivity index (χ4v) is 3.35. The summed E-state index contributed by atoms with van der Waals surface area (Å²) in [5.41, 5.74) is 3.56. The maximum atomic E-state index is 13.0. The summed E-state index contributed by atoms with van der Waals surface area (Å²) in [6.45, 7) is 2.66. The molecule has 0 radical (unpaired) electrons. The van der Waals surface area contributed by atoms with Gasteiger partial charge < -0.3 is 10.2 Å². The monoisotopic (exact) mass is 360 g/mol. The lowest BCUT2D eigenvalue weighted by atomic mass is 10.00. The van der Waals surface area contributed by atoms with Gasteiger partial charge in [0.05, 0.1) is 5.69 Å². The second-order valence-electron chi connectivity index (χ2n) is 6.59. The molecule has 0 fully saturated rings. The Morgan fingerprint density at radius 3 is 2.44 bits per heavy atom. The Labute approximate surface area is 157 Å². The van der Waals surface area contributed by atoms with Crippen molar-refractivity contribution in [3.63, 3.8) is 0 Å². The van der Waals surface area contributed by atoms with E-state index in [-0.39, 0.29) is 11.8 Å². The maximum absolute atomic E-state index is 13.0. The van der Waals surface area contributed by atoms with Crippen molar-refractivity contribution < 1.29 is 9.59 Å². The van der Waals surface area contributed by atoms with Gasteiger partial charge in [-0.05, 0) is 29.7 Å². The molecule has 2 heterocycles. The molecule has 0 saturated heterocycles. The first-order valence-electron chi connectivity index (χ1n) is 8.91. The van der Waals surface area contributed by atoms with Gasteiger partial charge in [0.1, 0.15) is 5.82 Å². The summed E-state index contributed by atoms with van der Waals surface area (Å²) in [6.07, 6.45) is 0.833. The number of rotatable bonds is 3. The molecule has 6 nitrogen and oxygen atoms in total. The third-order valence-electron chi connectivity index (χ3n) is 4.65. The van der Waals surface area contributed by atoms with Crippen molar-refractivity contribution in [3.8, 4) is 5.69 Å². The van der Waals surface area contributed by atoms with Gasteiger partial charge in [-0.1, -0.05) is 42.5 Å². The first kappa shape index (κ1) is 17.0. The van der Waals surface area contributed by atoms with Gasteiger partial charge in [0.15, 0.2) is 5.69 Å². The number of anilines is 1. The van der Waals surface area contributed by atoms with E-state index in [1.54, 1.807) is 15.6 Å². The molecule has 2 amide bonds. The second-order valence-corrected chi connectivity index (χ2v) is 6.59. The molecule has 0 aliphatic carbocycles. The number of hydrogen-bond donors (Lipinski definition) is 1. The Morgan fingerprint density at radius 1 is 1.00 bits per heavy atom. The SMILES string of the molecule is CC(=O)Nc1cc(C(=O)N2CCc3ccccc3C2)nn1-c1ccccc1. The Morgan fingerprint density at radius 2 is 1.70 bits per heavy atom. The Hall–Kier alpha value is -3.41. The largest absolute Gasteiger partial charge is 0.333 e. The molecule has 0 bridgehead atoms. The summed E-state index contributed by atoms with van der Waals surface area (Å²) in [4.78, 5) is 26.4. The smallest absolute Gasteiger partial charge is 0.274 e. The van der Waals surface area contributed by atoms with Crippen LogP contribution in [-0.2, 0) is 17.8 Å². The van der Waals surface area contributed by atoms with Crippen LogP contribution in [0.5, 0.6) is 0 Å². The topological polar surface area (TPSA) is 67.2 Å². The molecule has 1 N–H and O–H groups in total. The minimum atomic E-state index is -0.210. The van der Waals surface area contributed by atoms with E-state index in [1.807, 2.05) is 42.5 Å². The van der Waals surface area contributed by atoms with E-state index in [1.165, 1.54) is 18.1 Å². The predicted molar refractivity (Wildman–Crippen MR) is 103 cm³/mol. The quantitative estimate of drug-likeness (QED) is 0.781. The second kappa shape index (κ2) is 7.07. The van der Waals surface area contributed by atoms with Crippen molar-refractivity contribution in [1.82, 2.24) is 14.7 Å². The van der Waals surface area contributed by atoms with Gasteiger partial charge in [-0.15, -0.1) is 0 Å². The molecule has 0 atom stereocenters. The van der Waals surface area contributed by atoms with E-state index in [2.05, 4.69) is 22.5 Å². The normalized spacial score (nSPS) is 13.1. The molecule has 3 aromatic rings. The van der Waals surface area contributed by atoms with Crippen LogP contribution in [0.15, 0.2) is 60.7 Å². The number of fused-ring (bicyclic) bond motifs is 1. The molecule has 1 aromatic heterocycles. The molecule has 6 heteroatoms. The van der Waals surface area contributed by atoms with Gasteiger partial charge >= 0.3 is 0 Å². The number of hydrogen-bond acceptors (Lipinski definition) is 3. The highest BCUT2D eigenvalue weighted by Gasteiger charge is 2.25. The number of amides is 2. The van der Waals surface area contributed by atoms with Gasteiger partial charge in [0, 0.05) is 26.1 Å². The molecule has 4 rings (SSSR count). The van der Waals surface area contributed by atoms with Crippen LogP contribution in [-0.4, -0.2) is 33.0 Å². The number of carbonyl (C=O) groups excluding carboxylic acids is 2. The molecular weight excluding hydrogens is 340 g/mol. The number of carbonyl (C=O) groups is 2. The van der Waals surface area contributed by atoms with Crippen LogP contribution >= 0.6 is 0 Å². The highest BCUT2D eigenvalue weighted by Crippen LogP contribution is 2.22. The van der Waals surface area contributed by atoms with E-state index in [9.17, 15) is 9.59 Å². The fraction of sp³-hybridized carbons (Fsp3) is 0.190. The number of nitrogens with zero attached hydrogens (tertiary/aromatic N) is 3. The van der Waals surface area contributed by atoms with Crippen LogP contribution in [0.4, 0.5) is 5.82 Å². The van der Waals surface area contributed by atoms with Gasteiger partial charge in [-0.25, -0.2) is 4.68 Å². The molecule has 2 aromatic carbocycles. The molecule has 0 spiro atoms. The Kier molecular flexibility index (Phi) is 4.46. The van der Waals surface area contributed by atoms with Gasteiger partial charge in [0.2, 0.25) is 5.91 Å². The zero-order valence-electron chi connectivity index (χ0n) is 15.1. The zero-order chi connectivity index (χ0) is 18.8. The van der Waals surface area contributed by atoms with Crippen molar-refractivity contribution in [2.45, 2.75) is 19.9 Å². The van der Waals surface area contributed by atoms with Crippen molar-refractivity contribution >= 4 is 17.6 Å². The third kappa shape index (κ3) is 3.46. The Bertz CT molecular complexity index is 994. The number of benzene rings is 2. The molecule has 1 aliphatic heterocycles. The van der Waals surface area contributed by atoms with Crippen LogP contribution in [0, 0.1) is 0 Å². The molecule has 1 aliphatic rings. The lowest BCUT2D eigenvalue weighted by molar-refractivity contribution is -0.114. The first-order chi connectivity index (χ1) is 13.1. The summed E-state index contributed by atoms with van der Waals surface area (Å²) >= 11 is 0. The minimum absolute atomic E-state index is 0.134. The van der Waals surface area contributed by atoms with Crippen LogP contribution in [0.3, 0.4) is 0 Å². The standard InChI is InChI=1S/C21H20N4O2/c1-15(26)22-20-13-19(23-25(20)18-9-3-2-4-10-18)21(27)24-12-11-16-7-5-6-8-17(16)14-24/h2-10,13H,11-12,14H2,1H3,(H,22,26). The molecule has 27 heavy (non-hydrogen) atoms. The highest BCUT2D eigenvalue weighted by atomic mass is 16.2. The van der Waals surface area contributed by atoms with E-state index in [0.29, 0.717) is 24.6 Å². The molecule has 0 unspecified atom stereocenters. The van der Waals surface area contributed by atoms with E-state index in [0.717, 1.165) is 12.1 Å². The summed E-state index contributed by atoms with van der Waals surface area (Å²) in [5.74, 6) is 0.137. The Balaban J connectivity index is 1.65. The molecular formula is C21H20N4O2. The van der Waals surface area contributed by atoms with Gasteiger partial charge in [-0.2, -0.15) is 5.10 Å². The van der Waals surface area contributed by atoms with E-state index < -0.39 is 0 Å². The lowest BCUT2D eigenvalue weighted by Gasteiger charge is -2.28. The summed E-state index contributed by atoms with van der Waals surface area (Å²) in [7, 11) is 0. The third-order valence-corrected chi connectivity index (χ3v) is 4.65. The van der Waals surface area contributed by atoms with E-state index >= 15 is 0 Å². The average molecular weight is 360 g/mol. The van der Waals surface area contributed by atoms with Crippen molar-refractivity contribution in [2.24, 2.45) is 0 Å². The summed E-state index contributed by atoms with van der Waals surface area (Å²) < 4.78 is 1.59. The maximum Gasteiger partial charge on any atom is 0.274 e. The highest BCUT2D eigenvalue weighted by molar-refractivity contribution is 5.95. The zero-order valence-corrected chi connectivity index (χ0v) is 15.1. The predicted octanol–water partition coefficient (Wildman–Crippen LogP) is 3.03. The van der Waals surface area contributed by atoms with Crippen LogP contribution in [0.2, 0.25) is 0 Å². The van der Waals surface area contributed by atoms with E-state index in [4.69, 9.17) is 0 Å². The number of aromatic nitrogens is 2. The average Bonchev–Trinajstić information content (AvgIpc) is 3.10. The number of nitrogens with one attached hydrogen (secondary N) is 1. The molecule has 136 valence electrons. The summed E-state index contributed by atoms with van der Waals surface area (Å²) in [6, 6.07) is 19.3. The van der Waals surface area contributed by atoms with Gasteiger partial charge in [-0.3, -0.25) is 9.59 Å². The van der Waals surface area contributed by atoms with Crippen LogP contribution < -0.4 is 5.32 Å². The fourth-order valence-electron chi connectivity index (χ4n) is 3.35. The molecule has 0 saturated carbocycles. The van der Waals surface area contributed by atoms with Crippen LogP contribution in [0.1, 0.15) is 28.5 Å². The van der Waals surface area contributed by atoms with Crippen molar-refractivity contribution in [1.29, 1.82) is 0 Å². The first-order valence-corrected chi connectivity index (χ1v) is 8.91. The van der Waals surface area contributed by atoms with Crippen LogP contribution in [0.25, 0.3) is 5.69 Å². The lowest BCUT2D eigenvalue weighted by Crippen LogP contribution is -2.36.